The van der Waals surface area contributed by atoms with Crippen molar-refractivity contribution in [3.8, 4) is 0 Å². The van der Waals surface area contributed by atoms with Crippen LogP contribution in [0.5, 0.6) is 0 Å². The highest BCUT2D eigenvalue weighted by Crippen LogP contribution is 2.28. The Bertz CT molecular complexity index is 344. The molecule has 1 fully saturated rings. The third-order valence-corrected chi connectivity index (χ3v) is 2.04. The largest absolute Gasteiger partial charge is 0.273 e. The second-order valence-corrected chi connectivity index (χ2v) is 3.29. The molecule has 0 aliphatic heterocycles. The Labute approximate surface area is 82.0 Å². The smallest absolute Gasteiger partial charge is 0.243 e. The van der Waals surface area contributed by atoms with Crippen molar-refractivity contribution in [3.63, 3.8) is 0 Å². The van der Waals surface area contributed by atoms with E-state index in [9.17, 15) is 4.79 Å². The van der Waals surface area contributed by atoms with Crippen LogP contribution in [0.25, 0.3) is 0 Å². The Morgan fingerprint density at radius 3 is 2.86 bits per heavy atom. The highest BCUT2D eigenvalue weighted by Gasteiger charge is 2.29. The van der Waals surface area contributed by atoms with Crippen molar-refractivity contribution in [1.29, 1.82) is 0 Å². The fraction of sp³-hybridized carbons (Fsp3) is 0.300. The van der Waals surface area contributed by atoms with Crippen molar-refractivity contribution in [1.82, 2.24) is 10.4 Å². The highest BCUT2D eigenvalue weighted by atomic mass is 16.2. The average molecular weight is 189 g/mol. The molecule has 1 aliphatic rings. The fourth-order valence-electron chi connectivity index (χ4n) is 1.06. The van der Waals surface area contributed by atoms with Crippen LogP contribution in [0, 0.1) is 5.92 Å². The van der Waals surface area contributed by atoms with E-state index in [0.29, 0.717) is 0 Å². The minimum absolute atomic E-state index is 0.0234. The molecule has 1 aliphatic carbocycles. The van der Waals surface area contributed by atoms with E-state index in [-0.39, 0.29) is 11.8 Å². The first kappa shape index (κ1) is 8.87. The van der Waals surface area contributed by atoms with Gasteiger partial charge in [-0.15, -0.1) is 0 Å². The van der Waals surface area contributed by atoms with Gasteiger partial charge in [-0.1, -0.05) is 0 Å². The van der Waals surface area contributed by atoms with Gasteiger partial charge in [0.15, 0.2) is 0 Å². The van der Waals surface area contributed by atoms with Gasteiger partial charge in [-0.25, -0.2) is 5.43 Å². The summed E-state index contributed by atoms with van der Waals surface area (Å²) in [4.78, 5) is 15.0. The molecule has 0 aromatic carbocycles. The summed E-state index contributed by atoms with van der Waals surface area (Å²) in [6, 6.07) is 3.65. The molecule has 72 valence electrons. The molecule has 1 heterocycles. The molecule has 4 nitrogen and oxygen atoms in total. The van der Waals surface area contributed by atoms with Gasteiger partial charge in [-0.3, -0.25) is 9.78 Å². The highest BCUT2D eigenvalue weighted by molar-refractivity contribution is 5.84. The number of carbonyl (C=O) groups excluding carboxylic acids is 1. The van der Waals surface area contributed by atoms with Crippen molar-refractivity contribution in [2.45, 2.75) is 12.8 Å². The Morgan fingerprint density at radius 1 is 1.50 bits per heavy atom. The van der Waals surface area contributed by atoms with Crippen LogP contribution in [0.1, 0.15) is 18.4 Å². The van der Waals surface area contributed by atoms with Crippen LogP contribution in [0.4, 0.5) is 0 Å². The molecule has 0 radical (unpaired) electrons. The zero-order valence-corrected chi connectivity index (χ0v) is 7.68. The maximum atomic E-state index is 11.2. The lowest BCUT2D eigenvalue weighted by molar-refractivity contribution is -0.122. The summed E-state index contributed by atoms with van der Waals surface area (Å²) >= 11 is 0. The minimum atomic E-state index is 0.0234. The van der Waals surface area contributed by atoms with Gasteiger partial charge in [0.2, 0.25) is 5.91 Å². The van der Waals surface area contributed by atoms with Crippen LogP contribution in [0.3, 0.4) is 0 Å². The van der Waals surface area contributed by atoms with Gasteiger partial charge in [-0.05, 0) is 30.5 Å². The molecule has 0 bridgehead atoms. The summed E-state index contributed by atoms with van der Waals surface area (Å²) in [5.74, 6) is 0.222. The Balaban J connectivity index is 1.85. The van der Waals surface area contributed by atoms with Crippen molar-refractivity contribution in [2.75, 3.05) is 0 Å². The summed E-state index contributed by atoms with van der Waals surface area (Å²) in [6.45, 7) is 0. The molecule has 0 spiro atoms. The summed E-state index contributed by atoms with van der Waals surface area (Å²) in [5, 5.41) is 3.85. The maximum Gasteiger partial charge on any atom is 0.243 e. The zero-order chi connectivity index (χ0) is 9.80. The van der Waals surface area contributed by atoms with E-state index < -0.39 is 0 Å². The first-order valence-electron chi connectivity index (χ1n) is 4.59. The topological polar surface area (TPSA) is 54.4 Å². The number of rotatable bonds is 3. The van der Waals surface area contributed by atoms with Crippen LogP contribution in [0.2, 0.25) is 0 Å². The van der Waals surface area contributed by atoms with Gasteiger partial charge in [0, 0.05) is 18.3 Å². The molecule has 0 atom stereocenters. The molecule has 2 rings (SSSR count). The number of hydrogen-bond acceptors (Lipinski definition) is 3. The van der Waals surface area contributed by atoms with Crippen molar-refractivity contribution in [3.05, 3.63) is 30.1 Å². The van der Waals surface area contributed by atoms with E-state index >= 15 is 0 Å². The van der Waals surface area contributed by atoms with Gasteiger partial charge in [0.05, 0.1) is 6.21 Å². The summed E-state index contributed by atoms with van der Waals surface area (Å²) in [6.07, 6.45) is 6.98. The number of hydrogen-bond donors (Lipinski definition) is 1. The van der Waals surface area contributed by atoms with E-state index in [1.54, 1.807) is 18.6 Å². The average Bonchev–Trinajstić information content (AvgIpc) is 3.02. The van der Waals surface area contributed by atoms with E-state index in [1.165, 1.54) is 0 Å². The van der Waals surface area contributed by atoms with E-state index in [0.717, 1.165) is 18.4 Å². The first-order chi connectivity index (χ1) is 6.86. The lowest BCUT2D eigenvalue weighted by atomic mass is 10.3. The molecule has 1 amide bonds. The molecule has 0 unspecified atom stereocenters. The third-order valence-electron chi connectivity index (χ3n) is 2.04. The van der Waals surface area contributed by atoms with Crippen LogP contribution in [-0.4, -0.2) is 17.1 Å². The van der Waals surface area contributed by atoms with E-state index in [2.05, 4.69) is 15.5 Å². The van der Waals surface area contributed by atoms with E-state index in [4.69, 9.17) is 0 Å². The van der Waals surface area contributed by atoms with Crippen LogP contribution < -0.4 is 5.43 Å². The summed E-state index contributed by atoms with van der Waals surface area (Å²) < 4.78 is 0. The number of hydrazone groups is 1. The zero-order valence-electron chi connectivity index (χ0n) is 7.68. The molecule has 1 aromatic rings. The second kappa shape index (κ2) is 4.00. The van der Waals surface area contributed by atoms with Gasteiger partial charge in [-0.2, -0.15) is 5.10 Å². The summed E-state index contributed by atoms with van der Waals surface area (Å²) in [7, 11) is 0. The number of aromatic nitrogens is 1. The fourth-order valence-corrected chi connectivity index (χ4v) is 1.06. The Hall–Kier alpha value is -1.71. The van der Waals surface area contributed by atoms with E-state index in [1.807, 2.05) is 12.1 Å². The van der Waals surface area contributed by atoms with Gasteiger partial charge in [0.1, 0.15) is 0 Å². The molecular formula is C10H11N3O. The standard InChI is InChI=1S/C10H11N3O/c14-10(9-1-2-9)13-12-7-8-3-5-11-6-4-8/h3-7,9H,1-2H2,(H,13,14). The molecule has 0 saturated heterocycles. The lowest BCUT2D eigenvalue weighted by Crippen LogP contribution is -2.18. The SMILES string of the molecule is O=C(NN=Cc1ccncc1)C1CC1. The predicted molar refractivity (Wildman–Crippen MR) is 52.7 cm³/mol. The summed E-state index contributed by atoms with van der Waals surface area (Å²) in [5.41, 5.74) is 3.43. The monoisotopic (exact) mass is 189 g/mol. The first-order valence-corrected chi connectivity index (χ1v) is 4.59. The molecule has 1 N–H and O–H groups in total. The Kier molecular flexibility index (Phi) is 2.53. The number of nitrogens with one attached hydrogen (secondary N) is 1. The number of nitrogens with zero attached hydrogens (tertiary/aromatic N) is 2. The maximum absolute atomic E-state index is 11.2. The lowest BCUT2D eigenvalue weighted by Gasteiger charge is -1.95. The predicted octanol–water partition coefficient (Wildman–Crippen LogP) is 0.942. The number of carbonyl (C=O) groups is 1. The van der Waals surface area contributed by atoms with Gasteiger partial charge in [0.25, 0.3) is 0 Å². The number of amides is 1. The quantitative estimate of drug-likeness (QED) is 0.568. The number of pyridine rings is 1. The molecule has 4 heteroatoms. The molecule has 1 aromatic heterocycles. The second-order valence-electron chi connectivity index (χ2n) is 3.29. The van der Waals surface area contributed by atoms with Gasteiger partial charge < -0.3 is 0 Å². The van der Waals surface area contributed by atoms with Crippen LogP contribution >= 0.6 is 0 Å². The van der Waals surface area contributed by atoms with Crippen molar-refractivity contribution >= 4 is 12.1 Å². The van der Waals surface area contributed by atoms with Crippen molar-refractivity contribution < 1.29 is 4.79 Å². The molecule has 14 heavy (non-hydrogen) atoms. The molecular weight excluding hydrogens is 178 g/mol. The molecule has 1 saturated carbocycles. The minimum Gasteiger partial charge on any atom is -0.273 e. The Morgan fingerprint density at radius 2 is 2.21 bits per heavy atom. The van der Waals surface area contributed by atoms with Crippen LogP contribution in [0.15, 0.2) is 29.6 Å². The van der Waals surface area contributed by atoms with Gasteiger partial charge >= 0.3 is 0 Å². The van der Waals surface area contributed by atoms with Crippen LogP contribution in [-0.2, 0) is 4.79 Å². The van der Waals surface area contributed by atoms with Crippen molar-refractivity contribution in [2.24, 2.45) is 11.0 Å². The normalized spacial score (nSPS) is 15.7. The third kappa shape index (κ3) is 2.39.